The lowest BCUT2D eigenvalue weighted by Gasteiger charge is -2.35. The van der Waals surface area contributed by atoms with Crippen molar-refractivity contribution >= 4 is 22.4 Å². The molecule has 11 heteroatoms. The highest BCUT2D eigenvalue weighted by Crippen LogP contribution is 2.25. The second-order valence-corrected chi connectivity index (χ2v) is 7.29. The summed E-state index contributed by atoms with van der Waals surface area (Å²) in [6, 6.07) is 1.53. The topological polar surface area (TPSA) is 61.4 Å². The van der Waals surface area contributed by atoms with Crippen LogP contribution in [0.2, 0.25) is 0 Å². The van der Waals surface area contributed by atoms with Crippen LogP contribution in [0, 0.1) is 12.7 Å². The van der Waals surface area contributed by atoms with Gasteiger partial charge in [-0.05, 0) is 19.1 Å². The van der Waals surface area contributed by atoms with Crippen LogP contribution < -0.4 is 10.0 Å². The maximum Gasteiger partial charge on any atom is 0.405 e. The van der Waals surface area contributed by atoms with Crippen molar-refractivity contribution < 1.29 is 26.0 Å². The molecule has 1 fully saturated rings. The second-order valence-electron chi connectivity index (χ2n) is 5.56. The summed E-state index contributed by atoms with van der Waals surface area (Å²) in [5.74, 6) is -0.729. The van der Waals surface area contributed by atoms with E-state index < -0.39 is 34.6 Å². The number of piperazine rings is 1. The predicted octanol–water partition coefficient (Wildman–Crippen LogP) is 1.67. The second kappa shape index (κ2) is 8.63. The van der Waals surface area contributed by atoms with Crippen LogP contribution in [0.1, 0.15) is 5.56 Å². The van der Waals surface area contributed by atoms with Crippen molar-refractivity contribution in [3.05, 3.63) is 29.6 Å². The lowest BCUT2D eigenvalue weighted by atomic mass is 10.2. The van der Waals surface area contributed by atoms with Crippen molar-refractivity contribution in [3.63, 3.8) is 0 Å². The third-order valence-corrected chi connectivity index (χ3v) is 5.51. The van der Waals surface area contributed by atoms with Gasteiger partial charge in [-0.25, -0.2) is 17.5 Å². The molecule has 5 nitrogen and oxygen atoms in total. The number of alkyl halides is 3. The summed E-state index contributed by atoms with van der Waals surface area (Å²) in [6.07, 6.45) is -4.57. The fourth-order valence-electron chi connectivity index (χ4n) is 2.59. The van der Waals surface area contributed by atoms with Gasteiger partial charge in [0.15, 0.2) is 0 Å². The molecular weight excluding hydrogens is 386 g/mol. The summed E-state index contributed by atoms with van der Waals surface area (Å²) in [6.45, 7) is 1.60. The molecular formula is C14H20ClF4N3O2S. The Balaban J connectivity index is 0.00000312. The number of sulfonamides is 1. The molecule has 1 unspecified atom stereocenters. The molecule has 1 aromatic carbocycles. The van der Waals surface area contributed by atoms with E-state index in [0.717, 1.165) is 12.1 Å². The first-order valence-corrected chi connectivity index (χ1v) is 8.87. The van der Waals surface area contributed by atoms with Gasteiger partial charge in [-0.1, -0.05) is 6.07 Å². The molecule has 0 saturated carbocycles. The minimum absolute atomic E-state index is 0. The normalized spacial score (nSPS) is 17.8. The number of hydrogen-bond donors (Lipinski definition) is 2. The van der Waals surface area contributed by atoms with E-state index in [1.807, 2.05) is 4.72 Å². The molecule has 0 aromatic heterocycles. The van der Waals surface area contributed by atoms with E-state index in [1.165, 1.54) is 17.9 Å². The molecule has 1 aromatic rings. The predicted molar refractivity (Wildman–Crippen MR) is 87.9 cm³/mol. The molecule has 0 radical (unpaired) electrons. The van der Waals surface area contributed by atoms with E-state index in [2.05, 4.69) is 5.32 Å². The van der Waals surface area contributed by atoms with Gasteiger partial charge in [0.1, 0.15) is 11.9 Å². The monoisotopic (exact) mass is 405 g/mol. The molecule has 0 amide bonds. The van der Waals surface area contributed by atoms with Crippen LogP contribution in [-0.2, 0) is 10.0 Å². The van der Waals surface area contributed by atoms with Crippen LogP contribution in [0.5, 0.6) is 0 Å². The number of benzene rings is 1. The first-order valence-electron chi connectivity index (χ1n) is 7.39. The van der Waals surface area contributed by atoms with Crippen molar-refractivity contribution in [1.29, 1.82) is 0 Å². The summed E-state index contributed by atoms with van der Waals surface area (Å²) in [5.41, 5.74) is -0.129. The number of rotatable bonds is 5. The largest absolute Gasteiger partial charge is 0.405 e. The van der Waals surface area contributed by atoms with E-state index in [4.69, 9.17) is 0 Å². The van der Waals surface area contributed by atoms with Crippen molar-refractivity contribution in [2.45, 2.75) is 24.0 Å². The molecule has 25 heavy (non-hydrogen) atoms. The Hall–Kier alpha value is -0.940. The average Bonchev–Trinajstić information content (AvgIpc) is 2.49. The Morgan fingerprint density at radius 1 is 1.28 bits per heavy atom. The number of hydrogen-bond acceptors (Lipinski definition) is 4. The quantitative estimate of drug-likeness (QED) is 0.732. The molecule has 1 saturated heterocycles. The minimum Gasteiger partial charge on any atom is -0.314 e. The smallest absolute Gasteiger partial charge is 0.314 e. The van der Waals surface area contributed by atoms with Gasteiger partial charge in [-0.3, -0.25) is 4.90 Å². The van der Waals surface area contributed by atoms with Crippen LogP contribution in [0.3, 0.4) is 0 Å². The number of nitrogens with one attached hydrogen (secondary N) is 2. The average molecular weight is 406 g/mol. The third-order valence-electron chi connectivity index (χ3n) is 3.94. The van der Waals surface area contributed by atoms with Crippen LogP contribution in [0.4, 0.5) is 17.6 Å². The maximum absolute atomic E-state index is 13.5. The minimum atomic E-state index is -4.57. The highest BCUT2D eigenvalue weighted by molar-refractivity contribution is 7.89. The fourth-order valence-corrected chi connectivity index (χ4v) is 3.88. The number of nitrogens with zero attached hydrogens (tertiary/aromatic N) is 1. The van der Waals surface area contributed by atoms with Crippen molar-refractivity contribution in [2.75, 3.05) is 32.7 Å². The molecule has 1 heterocycles. The van der Waals surface area contributed by atoms with Crippen LogP contribution in [-0.4, -0.2) is 58.3 Å². The Bertz CT molecular complexity index is 679. The summed E-state index contributed by atoms with van der Waals surface area (Å²) < 4.78 is 79.8. The SMILES string of the molecule is Cc1c(F)cccc1S(=O)(=O)NCC(N1CCNCC1)C(F)(F)F.Cl. The molecule has 0 aliphatic carbocycles. The Kier molecular flexibility index (Phi) is 7.63. The first-order chi connectivity index (χ1) is 11.1. The molecule has 1 aliphatic rings. The third kappa shape index (κ3) is 5.52. The summed E-state index contributed by atoms with van der Waals surface area (Å²) >= 11 is 0. The van der Waals surface area contributed by atoms with E-state index in [-0.39, 0.29) is 36.0 Å². The van der Waals surface area contributed by atoms with Gasteiger partial charge in [-0.15, -0.1) is 12.4 Å². The Morgan fingerprint density at radius 3 is 2.44 bits per heavy atom. The van der Waals surface area contributed by atoms with Gasteiger partial charge in [0.25, 0.3) is 0 Å². The van der Waals surface area contributed by atoms with E-state index in [1.54, 1.807) is 0 Å². The maximum atomic E-state index is 13.5. The zero-order valence-corrected chi connectivity index (χ0v) is 15.1. The van der Waals surface area contributed by atoms with Crippen LogP contribution >= 0.6 is 12.4 Å². The molecule has 0 spiro atoms. The summed E-state index contributed by atoms with van der Waals surface area (Å²) in [7, 11) is -4.24. The van der Waals surface area contributed by atoms with Gasteiger partial charge in [0, 0.05) is 38.3 Å². The van der Waals surface area contributed by atoms with E-state index in [9.17, 15) is 26.0 Å². The van der Waals surface area contributed by atoms with Crippen molar-refractivity contribution in [1.82, 2.24) is 14.9 Å². The van der Waals surface area contributed by atoms with Gasteiger partial charge in [0.2, 0.25) is 10.0 Å². The summed E-state index contributed by atoms with van der Waals surface area (Å²) in [5, 5.41) is 2.94. The molecule has 144 valence electrons. The zero-order valence-electron chi connectivity index (χ0n) is 13.4. The van der Waals surface area contributed by atoms with E-state index in [0.29, 0.717) is 13.1 Å². The van der Waals surface area contributed by atoms with Gasteiger partial charge in [0.05, 0.1) is 4.90 Å². The van der Waals surface area contributed by atoms with Gasteiger partial charge < -0.3 is 5.32 Å². The first kappa shape index (κ1) is 22.1. The molecule has 2 N–H and O–H groups in total. The van der Waals surface area contributed by atoms with Crippen LogP contribution in [0.25, 0.3) is 0 Å². The zero-order chi connectivity index (χ0) is 18.0. The lowest BCUT2D eigenvalue weighted by Crippen LogP contribution is -2.57. The highest BCUT2D eigenvalue weighted by Gasteiger charge is 2.44. The lowest BCUT2D eigenvalue weighted by molar-refractivity contribution is -0.182. The van der Waals surface area contributed by atoms with Crippen LogP contribution in [0.15, 0.2) is 23.1 Å². The molecule has 1 aliphatic heterocycles. The van der Waals surface area contributed by atoms with Gasteiger partial charge in [-0.2, -0.15) is 13.2 Å². The Morgan fingerprint density at radius 2 is 1.88 bits per heavy atom. The molecule has 2 rings (SSSR count). The molecule has 1 atom stereocenters. The van der Waals surface area contributed by atoms with E-state index >= 15 is 0 Å². The fraction of sp³-hybridized carbons (Fsp3) is 0.571. The summed E-state index contributed by atoms with van der Waals surface area (Å²) in [4.78, 5) is 0.834. The number of halogens is 5. The highest BCUT2D eigenvalue weighted by atomic mass is 35.5. The Labute approximate surface area is 150 Å². The van der Waals surface area contributed by atoms with Crippen molar-refractivity contribution in [3.8, 4) is 0 Å². The van der Waals surface area contributed by atoms with Crippen molar-refractivity contribution in [2.24, 2.45) is 0 Å². The molecule has 0 bridgehead atoms. The standard InChI is InChI=1S/C14H19F4N3O2S.ClH/c1-10-11(15)3-2-4-12(10)24(22,23)20-9-13(14(16,17)18)21-7-5-19-6-8-21;/h2-4,13,19-20H,5-9H2,1H3;1H. The van der Waals surface area contributed by atoms with Gasteiger partial charge >= 0.3 is 6.18 Å².